The van der Waals surface area contributed by atoms with Crippen LogP contribution >= 0.6 is 0 Å². The fourth-order valence-electron chi connectivity index (χ4n) is 1.20. The van der Waals surface area contributed by atoms with Crippen LogP contribution in [0.1, 0.15) is 11.1 Å². The number of hydrogen-bond donors (Lipinski definition) is 0. The smallest absolute Gasteiger partial charge is 0.0605 e. The van der Waals surface area contributed by atoms with Crippen LogP contribution in [0.25, 0.3) is 0 Å². The van der Waals surface area contributed by atoms with E-state index in [0.717, 1.165) is 18.7 Å². The first-order valence-corrected chi connectivity index (χ1v) is 5.07. The second-order valence-electron chi connectivity index (χ2n) is 3.65. The van der Waals surface area contributed by atoms with Gasteiger partial charge >= 0.3 is 0 Å². The third-order valence-electron chi connectivity index (χ3n) is 2.07. The summed E-state index contributed by atoms with van der Waals surface area (Å²) in [5.74, 6) is 6.27. The highest BCUT2D eigenvalue weighted by Crippen LogP contribution is 2.00. The number of benzene rings is 1. The van der Waals surface area contributed by atoms with Crippen molar-refractivity contribution in [1.82, 2.24) is 4.90 Å². The minimum absolute atomic E-state index is 0.778. The lowest BCUT2D eigenvalue weighted by atomic mass is 10.1. The van der Waals surface area contributed by atoms with Crippen molar-refractivity contribution in [3.63, 3.8) is 0 Å². The largest absolute Gasteiger partial charge is 0.292 e. The maximum absolute atomic E-state index is 3.69. The maximum atomic E-state index is 3.69. The Kier molecular flexibility index (Phi) is 4.66. The molecule has 0 saturated carbocycles. The van der Waals surface area contributed by atoms with Gasteiger partial charge in [-0.05, 0) is 26.1 Å². The van der Waals surface area contributed by atoms with Gasteiger partial charge in [-0.15, -0.1) is 6.58 Å². The molecule has 1 heteroatoms. The van der Waals surface area contributed by atoms with Gasteiger partial charge in [0.05, 0.1) is 6.54 Å². The SMILES string of the molecule is C=CCN(C)CC#Cc1ccc(C)cc1. The summed E-state index contributed by atoms with van der Waals surface area (Å²) >= 11 is 0. The molecule has 0 aliphatic heterocycles. The van der Waals surface area contributed by atoms with Crippen LogP contribution in [0.15, 0.2) is 36.9 Å². The van der Waals surface area contributed by atoms with Gasteiger partial charge in [-0.25, -0.2) is 0 Å². The Morgan fingerprint density at radius 3 is 2.60 bits per heavy atom. The highest BCUT2D eigenvalue weighted by Gasteiger charge is 1.89. The van der Waals surface area contributed by atoms with Gasteiger partial charge in [0, 0.05) is 12.1 Å². The van der Waals surface area contributed by atoms with Crippen LogP contribution in [0.2, 0.25) is 0 Å². The Morgan fingerprint density at radius 1 is 1.33 bits per heavy atom. The van der Waals surface area contributed by atoms with Gasteiger partial charge in [-0.2, -0.15) is 0 Å². The molecule has 0 aliphatic carbocycles. The topological polar surface area (TPSA) is 3.24 Å². The maximum Gasteiger partial charge on any atom is 0.0605 e. The van der Waals surface area contributed by atoms with Gasteiger partial charge in [0.2, 0.25) is 0 Å². The predicted octanol–water partition coefficient (Wildman–Crippen LogP) is 2.46. The van der Waals surface area contributed by atoms with Crippen molar-refractivity contribution in [3.05, 3.63) is 48.0 Å². The van der Waals surface area contributed by atoms with E-state index in [1.165, 1.54) is 5.56 Å². The van der Waals surface area contributed by atoms with Crippen LogP contribution in [0, 0.1) is 18.8 Å². The van der Waals surface area contributed by atoms with Crippen molar-refractivity contribution in [1.29, 1.82) is 0 Å². The number of hydrogen-bond acceptors (Lipinski definition) is 1. The van der Waals surface area contributed by atoms with Crippen LogP contribution in [0.3, 0.4) is 0 Å². The quantitative estimate of drug-likeness (QED) is 0.534. The van der Waals surface area contributed by atoms with Crippen LogP contribution in [-0.4, -0.2) is 25.0 Å². The summed E-state index contributed by atoms with van der Waals surface area (Å²) in [7, 11) is 2.03. The Balaban J connectivity index is 2.51. The Bertz CT molecular complexity index is 365. The number of rotatable bonds is 3. The lowest BCUT2D eigenvalue weighted by Crippen LogP contribution is -2.17. The minimum Gasteiger partial charge on any atom is -0.292 e. The summed E-state index contributed by atoms with van der Waals surface area (Å²) in [5.41, 5.74) is 2.34. The average molecular weight is 199 g/mol. The summed E-state index contributed by atoms with van der Waals surface area (Å²) < 4.78 is 0. The van der Waals surface area contributed by atoms with Crippen LogP contribution in [-0.2, 0) is 0 Å². The summed E-state index contributed by atoms with van der Waals surface area (Å²) in [6.45, 7) is 7.42. The third-order valence-corrected chi connectivity index (χ3v) is 2.07. The Hall–Kier alpha value is -1.52. The fraction of sp³-hybridized carbons (Fsp3) is 0.286. The molecule has 0 spiro atoms. The van der Waals surface area contributed by atoms with Gasteiger partial charge < -0.3 is 0 Å². The van der Waals surface area contributed by atoms with E-state index in [4.69, 9.17) is 0 Å². The van der Waals surface area contributed by atoms with E-state index in [9.17, 15) is 0 Å². The number of nitrogens with zero attached hydrogens (tertiary/aromatic N) is 1. The van der Waals surface area contributed by atoms with Crippen molar-refractivity contribution in [3.8, 4) is 11.8 Å². The van der Waals surface area contributed by atoms with Crippen molar-refractivity contribution in [2.45, 2.75) is 6.92 Å². The molecule has 0 radical (unpaired) electrons. The zero-order chi connectivity index (χ0) is 11.1. The molecule has 0 bridgehead atoms. The molecule has 0 fully saturated rings. The molecule has 0 atom stereocenters. The van der Waals surface area contributed by atoms with Crippen molar-refractivity contribution in [2.75, 3.05) is 20.1 Å². The molecule has 15 heavy (non-hydrogen) atoms. The first-order valence-electron chi connectivity index (χ1n) is 5.07. The van der Waals surface area contributed by atoms with Crippen molar-refractivity contribution >= 4 is 0 Å². The minimum atomic E-state index is 0.778. The molecule has 0 amide bonds. The van der Waals surface area contributed by atoms with E-state index in [1.807, 2.05) is 13.1 Å². The first kappa shape index (κ1) is 11.6. The average Bonchev–Trinajstić information content (AvgIpc) is 2.21. The van der Waals surface area contributed by atoms with Gasteiger partial charge in [-0.3, -0.25) is 4.90 Å². The molecule has 0 saturated heterocycles. The van der Waals surface area contributed by atoms with E-state index < -0.39 is 0 Å². The Morgan fingerprint density at radius 2 is 2.00 bits per heavy atom. The van der Waals surface area contributed by atoms with Crippen molar-refractivity contribution in [2.24, 2.45) is 0 Å². The van der Waals surface area contributed by atoms with Gasteiger partial charge in [0.25, 0.3) is 0 Å². The standard InChI is InChI=1S/C14H17N/c1-4-11-15(3)12-5-6-14-9-7-13(2)8-10-14/h4,7-10H,1,11-12H2,2-3H3. The van der Waals surface area contributed by atoms with E-state index in [0.29, 0.717) is 0 Å². The van der Waals surface area contributed by atoms with Crippen LogP contribution in [0.4, 0.5) is 0 Å². The van der Waals surface area contributed by atoms with Gasteiger partial charge in [-0.1, -0.05) is 35.6 Å². The van der Waals surface area contributed by atoms with E-state index in [2.05, 4.69) is 54.5 Å². The Labute approximate surface area is 92.4 Å². The van der Waals surface area contributed by atoms with E-state index in [-0.39, 0.29) is 0 Å². The zero-order valence-corrected chi connectivity index (χ0v) is 9.46. The lowest BCUT2D eigenvalue weighted by molar-refractivity contribution is 0.419. The number of aryl methyl sites for hydroxylation is 1. The second kappa shape index (κ2) is 6.06. The van der Waals surface area contributed by atoms with Crippen LogP contribution in [0.5, 0.6) is 0 Å². The molecule has 1 aromatic carbocycles. The van der Waals surface area contributed by atoms with E-state index in [1.54, 1.807) is 0 Å². The molecule has 1 rings (SSSR count). The lowest BCUT2D eigenvalue weighted by Gasteiger charge is -2.08. The van der Waals surface area contributed by atoms with Crippen LogP contribution < -0.4 is 0 Å². The zero-order valence-electron chi connectivity index (χ0n) is 9.46. The highest BCUT2D eigenvalue weighted by molar-refractivity contribution is 5.35. The first-order chi connectivity index (χ1) is 7.22. The molecule has 0 aromatic heterocycles. The monoisotopic (exact) mass is 199 g/mol. The normalized spacial score (nSPS) is 9.53. The second-order valence-corrected chi connectivity index (χ2v) is 3.65. The highest BCUT2D eigenvalue weighted by atomic mass is 15.1. The predicted molar refractivity (Wildman–Crippen MR) is 65.8 cm³/mol. The molecule has 0 aliphatic rings. The molecule has 0 N–H and O–H groups in total. The molecular formula is C14H17N. The summed E-state index contributed by atoms with van der Waals surface area (Å²) in [6.07, 6.45) is 1.88. The van der Waals surface area contributed by atoms with E-state index >= 15 is 0 Å². The fourth-order valence-corrected chi connectivity index (χ4v) is 1.20. The summed E-state index contributed by atoms with van der Waals surface area (Å²) in [4.78, 5) is 2.12. The molecule has 1 nitrogen and oxygen atoms in total. The van der Waals surface area contributed by atoms with Gasteiger partial charge in [0.15, 0.2) is 0 Å². The molecular weight excluding hydrogens is 182 g/mol. The summed E-state index contributed by atoms with van der Waals surface area (Å²) in [5, 5.41) is 0. The molecule has 78 valence electrons. The van der Waals surface area contributed by atoms with Crippen molar-refractivity contribution < 1.29 is 0 Å². The summed E-state index contributed by atoms with van der Waals surface area (Å²) in [6, 6.07) is 8.26. The third kappa shape index (κ3) is 4.49. The molecule has 1 aromatic rings. The molecule has 0 unspecified atom stereocenters. The molecule has 0 heterocycles. The number of likely N-dealkylation sites (N-methyl/N-ethyl adjacent to an activating group) is 1. The van der Waals surface area contributed by atoms with Gasteiger partial charge in [0.1, 0.15) is 0 Å².